The van der Waals surface area contributed by atoms with Gasteiger partial charge in [-0.3, -0.25) is 0 Å². The summed E-state index contributed by atoms with van der Waals surface area (Å²) in [5.41, 5.74) is 3.74. The molecule has 1 aromatic carbocycles. The zero-order valence-electron chi connectivity index (χ0n) is 8.90. The average molecular weight is 197 g/mol. The van der Waals surface area contributed by atoms with Crippen LogP contribution in [0.25, 0.3) is 5.57 Å². The molecule has 0 heterocycles. The van der Waals surface area contributed by atoms with Gasteiger partial charge < -0.3 is 5.32 Å². The van der Waals surface area contributed by atoms with Crippen molar-refractivity contribution in [3.05, 3.63) is 65.9 Å². The van der Waals surface area contributed by atoms with Gasteiger partial charge >= 0.3 is 0 Å². The molecule has 0 unspecified atom stereocenters. The quantitative estimate of drug-likeness (QED) is 0.768. The molecule has 15 heavy (non-hydrogen) atoms. The lowest BCUT2D eigenvalue weighted by atomic mass is 10.1. The number of hydrogen-bond acceptors (Lipinski definition) is 1. The van der Waals surface area contributed by atoms with Gasteiger partial charge in [0, 0.05) is 12.7 Å². The predicted molar refractivity (Wildman–Crippen MR) is 65.3 cm³/mol. The lowest BCUT2D eigenvalue weighted by Crippen LogP contribution is -2.01. The number of likely N-dealkylation sites (N-methyl/N-ethyl adjacent to an activating group) is 1. The Morgan fingerprint density at radius 2 is 1.80 bits per heavy atom. The first kappa shape index (κ1) is 9.78. The fourth-order valence-corrected chi connectivity index (χ4v) is 1.66. The topological polar surface area (TPSA) is 12.0 Å². The van der Waals surface area contributed by atoms with Crippen LogP contribution in [0.3, 0.4) is 0 Å². The third-order valence-electron chi connectivity index (χ3n) is 2.51. The maximum atomic E-state index is 3.16. The van der Waals surface area contributed by atoms with Gasteiger partial charge in [-0.25, -0.2) is 0 Å². The minimum atomic E-state index is 0.980. The molecule has 1 aliphatic rings. The molecule has 0 bridgehead atoms. The van der Waals surface area contributed by atoms with Crippen LogP contribution in [-0.4, -0.2) is 7.05 Å². The van der Waals surface area contributed by atoms with E-state index in [2.05, 4.69) is 53.9 Å². The van der Waals surface area contributed by atoms with Gasteiger partial charge in [0.15, 0.2) is 0 Å². The Morgan fingerprint density at radius 3 is 2.53 bits per heavy atom. The van der Waals surface area contributed by atoms with Crippen LogP contribution >= 0.6 is 0 Å². The summed E-state index contributed by atoms with van der Waals surface area (Å²) in [7, 11) is 1.95. The number of rotatable bonds is 2. The van der Waals surface area contributed by atoms with E-state index >= 15 is 0 Å². The fraction of sp³-hybridized carbons (Fsp3) is 0.143. The van der Waals surface area contributed by atoms with E-state index in [1.54, 1.807) is 0 Å². The molecule has 0 saturated carbocycles. The number of nitrogens with one attached hydrogen (secondary N) is 1. The van der Waals surface area contributed by atoms with Crippen molar-refractivity contribution < 1.29 is 0 Å². The van der Waals surface area contributed by atoms with E-state index in [4.69, 9.17) is 0 Å². The summed E-state index contributed by atoms with van der Waals surface area (Å²) in [5, 5.41) is 3.16. The molecular weight excluding hydrogens is 182 g/mol. The van der Waals surface area contributed by atoms with Crippen LogP contribution in [-0.2, 0) is 0 Å². The zero-order valence-corrected chi connectivity index (χ0v) is 8.90. The van der Waals surface area contributed by atoms with Crippen molar-refractivity contribution in [1.82, 2.24) is 5.32 Å². The van der Waals surface area contributed by atoms with Gasteiger partial charge in [-0.1, -0.05) is 48.6 Å². The first-order valence-corrected chi connectivity index (χ1v) is 5.22. The highest BCUT2D eigenvalue weighted by Gasteiger charge is 1.99. The van der Waals surface area contributed by atoms with E-state index in [1.807, 2.05) is 13.1 Å². The number of benzene rings is 1. The number of allylic oxidation sites excluding steroid dienone is 5. The normalized spacial score (nSPS) is 15.3. The maximum absolute atomic E-state index is 3.16. The molecule has 0 amide bonds. The van der Waals surface area contributed by atoms with E-state index in [-0.39, 0.29) is 0 Å². The van der Waals surface area contributed by atoms with Gasteiger partial charge in [-0.15, -0.1) is 0 Å². The molecule has 0 aromatic heterocycles. The molecule has 0 aliphatic heterocycles. The summed E-state index contributed by atoms with van der Waals surface area (Å²) < 4.78 is 0. The molecule has 1 nitrogen and oxygen atoms in total. The van der Waals surface area contributed by atoms with Crippen LogP contribution in [0.15, 0.2) is 60.3 Å². The molecule has 1 heteroatoms. The molecule has 2 rings (SSSR count). The highest BCUT2D eigenvalue weighted by molar-refractivity contribution is 5.75. The van der Waals surface area contributed by atoms with Crippen molar-refractivity contribution >= 4 is 5.57 Å². The van der Waals surface area contributed by atoms with Crippen LogP contribution in [0.4, 0.5) is 0 Å². The molecule has 1 aromatic rings. The molecule has 76 valence electrons. The Kier molecular flexibility index (Phi) is 3.03. The smallest absolute Gasteiger partial charge is 0.0300 e. The minimum absolute atomic E-state index is 0.980. The lowest BCUT2D eigenvalue weighted by Gasteiger charge is -2.00. The van der Waals surface area contributed by atoms with Crippen LogP contribution in [0.2, 0.25) is 0 Å². The van der Waals surface area contributed by atoms with Gasteiger partial charge in [0.05, 0.1) is 0 Å². The summed E-state index contributed by atoms with van der Waals surface area (Å²) in [4.78, 5) is 0. The second-order valence-electron chi connectivity index (χ2n) is 3.50. The first-order chi connectivity index (χ1) is 7.40. The summed E-state index contributed by atoms with van der Waals surface area (Å²) in [6.07, 6.45) is 9.69. The average Bonchev–Trinajstić information content (AvgIpc) is 2.55. The summed E-state index contributed by atoms with van der Waals surface area (Å²) in [6, 6.07) is 10.5. The van der Waals surface area contributed by atoms with Crippen molar-refractivity contribution in [2.45, 2.75) is 6.42 Å². The summed E-state index contributed by atoms with van der Waals surface area (Å²) >= 11 is 0. The van der Waals surface area contributed by atoms with Crippen molar-refractivity contribution in [1.29, 1.82) is 0 Å². The SMILES string of the molecule is CNC1=CCC=C(c2ccccc2)C=C1. The van der Waals surface area contributed by atoms with Gasteiger partial charge in [0.25, 0.3) is 0 Å². The zero-order chi connectivity index (χ0) is 10.5. The maximum Gasteiger partial charge on any atom is 0.0300 e. The molecule has 1 aliphatic carbocycles. The molecule has 0 atom stereocenters. The molecule has 0 fully saturated rings. The standard InChI is InChI=1S/C14H15N/c1-15-14-9-5-8-13(10-11-14)12-6-3-2-4-7-12/h2-4,6-11,15H,5H2,1H3. The Morgan fingerprint density at radius 1 is 1.00 bits per heavy atom. The predicted octanol–water partition coefficient (Wildman–Crippen LogP) is 3.13. The molecule has 0 saturated heterocycles. The Hall–Kier alpha value is -1.76. The van der Waals surface area contributed by atoms with E-state index in [0.717, 1.165) is 6.42 Å². The van der Waals surface area contributed by atoms with Crippen LogP contribution in [0.1, 0.15) is 12.0 Å². The number of hydrogen-bond donors (Lipinski definition) is 1. The van der Waals surface area contributed by atoms with Crippen molar-refractivity contribution in [3.8, 4) is 0 Å². The van der Waals surface area contributed by atoms with E-state index < -0.39 is 0 Å². The van der Waals surface area contributed by atoms with Crippen LogP contribution in [0, 0.1) is 0 Å². The highest BCUT2D eigenvalue weighted by atomic mass is 14.8. The molecule has 0 spiro atoms. The second-order valence-corrected chi connectivity index (χ2v) is 3.50. The van der Waals surface area contributed by atoms with Crippen molar-refractivity contribution in [3.63, 3.8) is 0 Å². The minimum Gasteiger partial charge on any atom is -0.388 e. The molecule has 0 radical (unpaired) electrons. The van der Waals surface area contributed by atoms with Crippen LogP contribution in [0.5, 0.6) is 0 Å². The Labute approximate surface area is 90.8 Å². The second kappa shape index (κ2) is 4.65. The highest BCUT2D eigenvalue weighted by Crippen LogP contribution is 2.19. The van der Waals surface area contributed by atoms with Gasteiger partial charge in [-0.05, 0) is 23.6 Å². The molecule has 1 N–H and O–H groups in total. The van der Waals surface area contributed by atoms with Crippen molar-refractivity contribution in [2.24, 2.45) is 0 Å². The Balaban J connectivity index is 2.24. The monoisotopic (exact) mass is 197 g/mol. The third kappa shape index (κ3) is 2.38. The van der Waals surface area contributed by atoms with Crippen molar-refractivity contribution in [2.75, 3.05) is 7.05 Å². The largest absolute Gasteiger partial charge is 0.388 e. The third-order valence-corrected chi connectivity index (χ3v) is 2.51. The van der Waals surface area contributed by atoms with Crippen LogP contribution < -0.4 is 5.32 Å². The van der Waals surface area contributed by atoms with Gasteiger partial charge in [0.2, 0.25) is 0 Å². The van der Waals surface area contributed by atoms with Gasteiger partial charge in [0.1, 0.15) is 0 Å². The molecular formula is C14H15N. The summed E-state index contributed by atoms with van der Waals surface area (Å²) in [6.45, 7) is 0. The first-order valence-electron chi connectivity index (χ1n) is 5.22. The van der Waals surface area contributed by atoms with Gasteiger partial charge in [-0.2, -0.15) is 0 Å². The lowest BCUT2D eigenvalue weighted by molar-refractivity contribution is 1.02. The fourth-order valence-electron chi connectivity index (χ4n) is 1.66. The van der Waals surface area contributed by atoms with E-state index in [0.29, 0.717) is 0 Å². The summed E-state index contributed by atoms with van der Waals surface area (Å²) in [5.74, 6) is 0. The van der Waals surface area contributed by atoms with E-state index in [9.17, 15) is 0 Å². The van der Waals surface area contributed by atoms with E-state index in [1.165, 1.54) is 16.8 Å². The Bertz CT molecular complexity index is 410.